The second-order valence-electron chi connectivity index (χ2n) is 9.93. The Hall–Kier alpha value is -1.66. The van der Waals surface area contributed by atoms with E-state index in [9.17, 15) is 9.59 Å². The average molecular weight is 417 g/mol. The SMILES string of the molecule is CCC1(C2NC(=O)CCC23C(=O)Nc2ccccc23)CC1.COC(C)[Si](C)(C)C. The molecule has 1 aromatic rings. The Morgan fingerprint density at radius 2 is 1.83 bits per heavy atom. The van der Waals surface area contributed by atoms with E-state index in [0.717, 1.165) is 30.5 Å². The van der Waals surface area contributed by atoms with Gasteiger partial charge in [0.25, 0.3) is 0 Å². The zero-order valence-corrected chi connectivity index (χ0v) is 19.7. The fourth-order valence-corrected chi connectivity index (χ4v) is 5.43. The topological polar surface area (TPSA) is 67.4 Å². The van der Waals surface area contributed by atoms with Gasteiger partial charge in [-0.25, -0.2) is 0 Å². The highest BCUT2D eigenvalue weighted by Crippen LogP contribution is 2.60. The minimum Gasteiger partial charge on any atom is -0.385 e. The molecule has 0 bridgehead atoms. The van der Waals surface area contributed by atoms with E-state index in [4.69, 9.17) is 4.74 Å². The molecule has 2 heterocycles. The van der Waals surface area contributed by atoms with Crippen LogP contribution >= 0.6 is 0 Å². The fraction of sp³-hybridized carbons (Fsp3) is 0.652. The molecule has 2 amide bonds. The standard InChI is InChI=1S/C17H20N2O2.C6H16OSi/c1-2-16(9-10-16)14-17(8-7-13(20)19-14)11-5-3-4-6-12(11)18-15(17)21;1-6(7-2)8(3,4)5/h3-6,14H,2,7-10H2,1H3,(H,18,21)(H,19,20);6H,1-5H3. The van der Waals surface area contributed by atoms with Crippen LogP contribution in [0.25, 0.3) is 0 Å². The highest BCUT2D eigenvalue weighted by molar-refractivity contribution is 6.77. The van der Waals surface area contributed by atoms with Crippen molar-refractivity contribution >= 4 is 25.6 Å². The molecule has 1 saturated heterocycles. The van der Waals surface area contributed by atoms with Crippen LogP contribution in [0.1, 0.15) is 51.5 Å². The summed E-state index contributed by atoms with van der Waals surface area (Å²) in [6.45, 7) is 11.2. The first-order valence-corrected chi connectivity index (χ1v) is 14.4. The van der Waals surface area contributed by atoms with Crippen molar-refractivity contribution in [2.45, 2.75) is 82.8 Å². The average Bonchev–Trinajstić information content (AvgIpc) is 3.43. The first-order chi connectivity index (χ1) is 13.6. The van der Waals surface area contributed by atoms with Gasteiger partial charge in [-0.1, -0.05) is 44.8 Å². The maximum Gasteiger partial charge on any atom is 0.237 e. The molecule has 0 aromatic heterocycles. The van der Waals surface area contributed by atoms with Gasteiger partial charge in [0, 0.05) is 24.9 Å². The Bertz CT molecular complexity index is 785. The van der Waals surface area contributed by atoms with E-state index in [0.29, 0.717) is 18.6 Å². The van der Waals surface area contributed by atoms with Crippen LogP contribution in [0, 0.1) is 5.41 Å². The fourth-order valence-electron chi connectivity index (χ4n) is 4.72. The van der Waals surface area contributed by atoms with Crippen LogP contribution in [0.5, 0.6) is 0 Å². The molecule has 1 aromatic carbocycles. The van der Waals surface area contributed by atoms with Gasteiger partial charge in [0.05, 0.1) is 19.5 Å². The molecule has 5 nitrogen and oxygen atoms in total. The third kappa shape index (κ3) is 3.89. The van der Waals surface area contributed by atoms with Gasteiger partial charge in [-0.05, 0) is 49.7 Å². The van der Waals surface area contributed by atoms with Crippen molar-refractivity contribution in [3.63, 3.8) is 0 Å². The van der Waals surface area contributed by atoms with Crippen molar-refractivity contribution in [3.05, 3.63) is 29.8 Å². The van der Waals surface area contributed by atoms with E-state index >= 15 is 0 Å². The van der Waals surface area contributed by atoms with Crippen LogP contribution in [0.4, 0.5) is 5.69 Å². The normalized spacial score (nSPS) is 28.0. The van der Waals surface area contributed by atoms with Gasteiger partial charge in [-0.2, -0.15) is 0 Å². The number of benzene rings is 1. The van der Waals surface area contributed by atoms with Crippen molar-refractivity contribution in [1.29, 1.82) is 0 Å². The first-order valence-electron chi connectivity index (χ1n) is 10.8. The van der Waals surface area contributed by atoms with Crippen molar-refractivity contribution in [2.75, 3.05) is 12.4 Å². The molecule has 3 unspecified atom stereocenters. The number of hydrogen-bond acceptors (Lipinski definition) is 3. The molecule has 6 heteroatoms. The van der Waals surface area contributed by atoms with Crippen molar-refractivity contribution in [2.24, 2.45) is 5.41 Å². The predicted octanol–water partition coefficient (Wildman–Crippen LogP) is 4.24. The number of carbonyl (C=O) groups excluding carboxylic acids is 2. The van der Waals surface area contributed by atoms with Gasteiger partial charge >= 0.3 is 0 Å². The first kappa shape index (κ1) is 22.0. The van der Waals surface area contributed by atoms with Crippen LogP contribution < -0.4 is 10.6 Å². The number of para-hydroxylation sites is 1. The Morgan fingerprint density at radius 3 is 2.34 bits per heavy atom. The van der Waals surface area contributed by atoms with Gasteiger partial charge in [-0.15, -0.1) is 0 Å². The van der Waals surface area contributed by atoms with E-state index in [1.807, 2.05) is 24.3 Å². The molecule has 1 saturated carbocycles. The zero-order valence-electron chi connectivity index (χ0n) is 18.7. The lowest BCUT2D eigenvalue weighted by Crippen LogP contribution is -2.61. The lowest BCUT2D eigenvalue weighted by molar-refractivity contribution is -0.131. The lowest BCUT2D eigenvalue weighted by Gasteiger charge is -2.44. The largest absolute Gasteiger partial charge is 0.385 e. The Labute approximate surface area is 176 Å². The number of hydrogen-bond donors (Lipinski definition) is 2. The number of piperidine rings is 1. The van der Waals surface area contributed by atoms with Gasteiger partial charge < -0.3 is 15.4 Å². The van der Waals surface area contributed by atoms with Crippen LogP contribution in [-0.2, 0) is 19.7 Å². The summed E-state index contributed by atoms with van der Waals surface area (Å²) in [4.78, 5) is 24.8. The zero-order chi connectivity index (χ0) is 21.4. The summed E-state index contributed by atoms with van der Waals surface area (Å²) >= 11 is 0. The molecule has 0 radical (unpaired) electrons. The van der Waals surface area contributed by atoms with Gasteiger partial charge in [0.15, 0.2) is 0 Å². The lowest BCUT2D eigenvalue weighted by atomic mass is 9.64. The number of rotatable bonds is 4. The maximum atomic E-state index is 12.9. The van der Waals surface area contributed by atoms with E-state index in [1.54, 1.807) is 7.11 Å². The van der Waals surface area contributed by atoms with Gasteiger partial charge in [0.2, 0.25) is 11.8 Å². The second-order valence-corrected chi connectivity index (χ2v) is 15.5. The predicted molar refractivity (Wildman–Crippen MR) is 120 cm³/mol. The molecule has 3 atom stereocenters. The Balaban J connectivity index is 0.000000258. The smallest absolute Gasteiger partial charge is 0.237 e. The van der Waals surface area contributed by atoms with E-state index < -0.39 is 13.5 Å². The quantitative estimate of drug-likeness (QED) is 0.721. The van der Waals surface area contributed by atoms with Crippen LogP contribution in [0.2, 0.25) is 19.6 Å². The molecule has 3 aliphatic rings. The van der Waals surface area contributed by atoms with Crippen LogP contribution in [0.3, 0.4) is 0 Å². The maximum absolute atomic E-state index is 12.9. The number of anilines is 1. The summed E-state index contributed by atoms with van der Waals surface area (Å²) in [7, 11) is 0.798. The second kappa shape index (κ2) is 7.87. The van der Waals surface area contributed by atoms with Crippen molar-refractivity contribution in [1.82, 2.24) is 5.32 Å². The molecule has 160 valence electrons. The third-order valence-electron chi connectivity index (χ3n) is 7.39. The molecule has 2 fully saturated rings. The minimum atomic E-state index is -0.983. The number of fused-ring (bicyclic) bond motifs is 2. The Kier molecular flexibility index (Phi) is 5.98. The molecule has 29 heavy (non-hydrogen) atoms. The van der Waals surface area contributed by atoms with E-state index in [-0.39, 0.29) is 23.3 Å². The van der Waals surface area contributed by atoms with Crippen molar-refractivity contribution < 1.29 is 14.3 Å². The Morgan fingerprint density at radius 1 is 1.17 bits per heavy atom. The summed E-state index contributed by atoms with van der Waals surface area (Å²) in [6.07, 6.45) is 4.26. The highest BCUT2D eigenvalue weighted by Gasteiger charge is 2.64. The summed E-state index contributed by atoms with van der Waals surface area (Å²) in [5.41, 5.74) is 2.00. The highest BCUT2D eigenvalue weighted by atomic mass is 28.3. The number of ether oxygens (including phenoxy) is 1. The minimum absolute atomic E-state index is 0.0634. The summed E-state index contributed by atoms with van der Waals surface area (Å²) in [5.74, 6) is 0.149. The molecular weight excluding hydrogens is 380 g/mol. The van der Waals surface area contributed by atoms with Crippen molar-refractivity contribution in [3.8, 4) is 0 Å². The number of amides is 2. The number of methoxy groups -OCH3 is 1. The van der Waals surface area contributed by atoms with Crippen LogP contribution in [-0.4, -0.2) is 38.8 Å². The van der Waals surface area contributed by atoms with Crippen LogP contribution in [0.15, 0.2) is 24.3 Å². The van der Waals surface area contributed by atoms with Gasteiger partial charge in [-0.3, -0.25) is 9.59 Å². The molecule has 1 aliphatic carbocycles. The summed E-state index contributed by atoms with van der Waals surface area (Å²) < 4.78 is 5.18. The number of carbonyl (C=O) groups is 2. The molecule has 1 spiro atoms. The van der Waals surface area contributed by atoms with E-state index in [1.165, 1.54) is 0 Å². The molecular formula is C23H36N2O3Si. The molecule has 2 aliphatic heterocycles. The third-order valence-corrected chi connectivity index (χ3v) is 10.1. The van der Waals surface area contributed by atoms with Gasteiger partial charge in [0.1, 0.15) is 0 Å². The molecule has 2 N–H and O–H groups in total. The summed E-state index contributed by atoms with van der Waals surface area (Å²) in [5, 5.41) is 6.21. The van der Waals surface area contributed by atoms with E-state index in [2.05, 4.69) is 44.1 Å². The number of nitrogens with one attached hydrogen (secondary N) is 2. The monoisotopic (exact) mass is 416 g/mol. The molecule has 4 rings (SSSR count). The summed E-state index contributed by atoms with van der Waals surface area (Å²) in [6, 6.07) is 7.87.